The zero-order valence-electron chi connectivity index (χ0n) is 20.6. The van der Waals surface area contributed by atoms with Crippen molar-refractivity contribution in [3.8, 4) is 22.8 Å². The van der Waals surface area contributed by atoms with Crippen LogP contribution in [0.2, 0.25) is 10.0 Å². The first-order valence-corrected chi connectivity index (χ1v) is 14.2. The third-order valence-electron chi connectivity index (χ3n) is 6.55. The molecule has 1 N–H and O–H groups in total. The molecule has 0 radical (unpaired) electrons. The van der Waals surface area contributed by atoms with Crippen molar-refractivity contribution < 1.29 is 17.9 Å². The second-order valence-corrected chi connectivity index (χ2v) is 11.8. The average molecular weight is 562 g/mol. The van der Waals surface area contributed by atoms with Gasteiger partial charge in [0.05, 0.1) is 22.7 Å². The topological polar surface area (TPSA) is 110 Å². The van der Waals surface area contributed by atoms with E-state index < -0.39 is 15.9 Å². The number of pyridine rings is 2. The molecule has 9 nitrogen and oxygen atoms in total. The van der Waals surface area contributed by atoms with Gasteiger partial charge in [0.2, 0.25) is 0 Å². The molecule has 4 heterocycles. The number of benzene rings is 1. The van der Waals surface area contributed by atoms with E-state index >= 15 is 0 Å². The summed E-state index contributed by atoms with van der Waals surface area (Å²) >= 11 is 12.6. The maximum absolute atomic E-state index is 12.7. The van der Waals surface area contributed by atoms with Crippen LogP contribution in [0.25, 0.3) is 22.2 Å². The van der Waals surface area contributed by atoms with E-state index in [2.05, 4.69) is 27.1 Å². The number of anilines is 1. The molecule has 5 rings (SSSR count). The first-order chi connectivity index (χ1) is 17.6. The van der Waals surface area contributed by atoms with Gasteiger partial charge in [-0.3, -0.25) is 10.1 Å². The summed E-state index contributed by atoms with van der Waals surface area (Å²) in [4.78, 5) is 10.7. The molecule has 0 spiro atoms. The zero-order chi connectivity index (χ0) is 26.5. The molecule has 3 aromatic heterocycles. The van der Waals surface area contributed by atoms with E-state index in [0.29, 0.717) is 55.1 Å². The standard InChI is InChI=1S/C25H25Cl2N5O4S/c1-13-5-6-32(13)25-22(37(4,33)34)7-15(10-29-25)24-16-8-21(20(35-3)9-19(16)30-31-24)36-14(2)23-17(26)11-28-12-18(23)27/h7-14H,5-6H2,1-4H3,(H,30,31)/t13-,14?/m1/s1. The lowest BCUT2D eigenvalue weighted by molar-refractivity contribution is 0.216. The van der Waals surface area contributed by atoms with Crippen LogP contribution in [-0.2, 0) is 9.84 Å². The van der Waals surface area contributed by atoms with Crippen molar-refractivity contribution in [1.82, 2.24) is 20.2 Å². The Labute approximate surface area is 224 Å². The Morgan fingerprint density at radius 2 is 1.86 bits per heavy atom. The average Bonchev–Trinajstić information content (AvgIpc) is 3.24. The molecule has 0 amide bonds. The van der Waals surface area contributed by atoms with E-state index in [1.165, 1.54) is 18.6 Å². The van der Waals surface area contributed by atoms with Crippen LogP contribution < -0.4 is 14.4 Å². The largest absolute Gasteiger partial charge is 0.493 e. The molecule has 0 bridgehead atoms. The van der Waals surface area contributed by atoms with Gasteiger partial charge >= 0.3 is 0 Å². The number of hydrogen-bond donors (Lipinski definition) is 1. The highest BCUT2D eigenvalue weighted by Crippen LogP contribution is 2.41. The SMILES string of the molecule is COc1cc2[nH]nc(-c3cnc(N4CC[C@H]4C)c(S(C)(=O)=O)c3)c2cc1OC(C)c1c(Cl)cncc1Cl. The predicted octanol–water partition coefficient (Wildman–Crippen LogP) is 5.48. The molecule has 37 heavy (non-hydrogen) atoms. The molecule has 0 saturated carbocycles. The number of rotatable bonds is 7. The van der Waals surface area contributed by atoms with Gasteiger partial charge in [-0.05, 0) is 32.4 Å². The Balaban J connectivity index is 1.58. The monoisotopic (exact) mass is 561 g/mol. The molecular formula is C25H25Cl2N5O4S. The summed E-state index contributed by atoms with van der Waals surface area (Å²) in [7, 11) is -1.99. The van der Waals surface area contributed by atoms with Crippen LogP contribution >= 0.6 is 23.2 Å². The Hall–Kier alpha value is -3.08. The predicted molar refractivity (Wildman–Crippen MR) is 144 cm³/mol. The Bertz CT molecular complexity index is 1590. The second kappa shape index (κ2) is 9.66. The van der Waals surface area contributed by atoms with Gasteiger partial charge in [0.25, 0.3) is 0 Å². The van der Waals surface area contributed by atoms with Crippen LogP contribution in [0.4, 0.5) is 5.82 Å². The van der Waals surface area contributed by atoms with E-state index in [0.717, 1.165) is 13.0 Å². The van der Waals surface area contributed by atoms with Crippen molar-refractivity contribution in [3.63, 3.8) is 0 Å². The summed E-state index contributed by atoms with van der Waals surface area (Å²) in [6.07, 6.45) is 6.34. The van der Waals surface area contributed by atoms with Gasteiger partial charge < -0.3 is 14.4 Å². The summed E-state index contributed by atoms with van der Waals surface area (Å²) < 4.78 is 37.1. The molecule has 1 unspecified atom stereocenters. The molecule has 2 atom stereocenters. The molecule has 1 aliphatic rings. The molecule has 1 saturated heterocycles. The van der Waals surface area contributed by atoms with E-state index in [-0.39, 0.29) is 10.9 Å². The van der Waals surface area contributed by atoms with Gasteiger partial charge in [-0.1, -0.05) is 23.2 Å². The van der Waals surface area contributed by atoms with Crippen LogP contribution in [0, 0.1) is 0 Å². The highest BCUT2D eigenvalue weighted by atomic mass is 35.5. The maximum atomic E-state index is 12.7. The first kappa shape index (κ1) is 25.6. The van der Waals surface area contributed by atoms with Crippen LogP contribution in [0.15, 0.2) is 41.7 Å². The van der Waals surface area contributed by atoms with Crippen molar-refractivity contribution in [2.75, 3.05) is 24.8 Å². The Morgan fingerprint density at radius 1 is 1.14 bits per heavy atom. The zero-order valence-corrected chi connectivity index (χ0v) is 22.9. The lowest BCUT2D eigenvalue weighted by Gasteiger charge is -2.40. The number of methoxy groups -OCH3 is 1. The summed E-state index contributed by atoms with van der Waals surface area (Å²) in [5.41, 5.74) is 2.39. The van der Waals surface area contributed by atoms with E-state index in [4.69, 9.17) is 32.7 Å². The molecule has 194 valence electrons. The lowest BCUT2D eigenvalue weighted by atomic mass is 10.0. The highest BCUT2D eigenvalue weighted by Gasteiger charge is 2.30. The van der Waals surface area contributed by atoms with Crippen LogP contribution in [0.3, 0.4) is 0 Å². The molecule has 1 aliphatic heterocycles. The minimum Gasteiger partial charge on any atom is -0.493 e. The number of H-pyrrole nitrogens is 1. The molecular weight excluding hydrogens is 537 g/mol. The van der Waals surface area contributed by atoms with Gasteiger partial charge in [0.15, 0.2) is 21.3 Å². The number of ether oxygens (including phenoxy) is 2. The van der Waals surface area contributed by atoms with Crippen LogP contribution in [0.5, 0.6) is 11.5 Å². The van der Waals surface area contributed by atoms with Crippen molar-refractivity contribution in [2.24, 2.45) is 0 Å². The molecule has 4 aromatic rings. The minimum atomic E-state index is -3.54. The van der Waals surface area contributed by atoms with Gasteiger partial charge in [-0.15, -0.1) is 0 Å². The maximum Gasteiger partial charge on any atom is 0.179 e. The first-order valence-electron chi connectivity index (χ1n) is 11.6. The van der Waals surface area contributed by atoms with Gasteiger partial charge in [-0.25, -0.2) is 13.4 Å². The molecule has 12 heteroatoms. The number of sulfone groups is 1. The van der Waals surface area contributed by atoms with Crippen LogP contribution in [0.1, 0.15) is 31.9 Å². The fourth-order valence-electron chi connectivity index (χ4n) is 4.44. The summed E-state index contributed by atoms with van der Waals surface area (Å²) in [6, 6.07) is 5.42. The normalized spacial score (nSPS) is 16.5. The van der Waals surface area contributed by atoms with Crippen molar-refractivity contribution in [1.29, 1.82) is 0 Å². The van der Waals surface area contributed by atoms with Gasteiger partial charge in [0.1, 0.15) is 22.5 Å². The van der Waals surface area contributed by atoms with Gasteiger partial charge in [-0.2, -0.15) is 5.10 Å². The fourth-order valence-corrected chi connectivity index (χ4v) is 5.96. The highest BCUT2D eigenvalue weighted by molar-refractivity contribution is 7.90. The molecule has 1 fully saturated rings. The summed E-state index contributed by atoms with van der Waals surface area (Å²) in [5.74, 6) is 1.39. The molecule has 1 aromatic carbocycles. The Kier molecular flexibility index (Phi) is 6.68. The van der Waals surface area contributed by atoms with Crippen molar-refractivity contribution in [2.45, 2.75) is 37.3 Å². The van der Waals surface area contributed by atoms with E-state index in [1.807, 2.05) is 11.8 Å². The number of halogens is 2. The summed E-state index contributed by atoms with van der Waals surface area (Å²) in [5, 5.41) is 8.94. The number of hydrogen-bond acceptors (Lipinski definition) is 8. The summed E-state index contributed by atoms with van der Waals surface area (Å²) in [6.45, 7) is 4.64. The second-order valence-electron chi connectivity index (χ2n) is 9.05. The van der Waals surface area contributed by atoms with E-state index in [1.54, 1.807) is 31.5 Å². The quantitative estimate of drug-likeness (QED) is 0.316. The lowest BCUT2D eigenvalue weighted by Crippen LogP contribution is -2.46. The minimum absolute atomic E-state index is 0.174. The number of fused-ring (bicyclic) bond motifs is 1. The smallest absolute Gasteiger partial charge is 0.179 e. The van der Waals surface area contributed by atoms with Crippen molar-refractivity contribution in [3.05, 3.63) is 52.4 Å². The third kappa shape index (κ3) is 4.69. The van der Waals surface area contributed by atoms with E-state index in [9.17, 15) is 8.42 Å². The fraction of sp³-hybridized carbons (Fsp3) is 0.320. The third-order valence-corrected chi connectivity index (χ3v) is 8.25. The number of nitrogens with zero attached hydrogens (tertiary/aromatic N) is 4. The van der Waals surface area contributed by atoms with Crippen LogP contribution in [-0.4, -0.2) is 54.5 Å². The molecule has 0 aliphatic carbocycles. The van der Waals surface area contributed by atoms with Gasteiger partial charge in [0, 0.05) is 60.0 Å². The number of nitrogens with one attached hydrogen (secondary N) is 1. The number of aromatic amines is 1. The Morgan fingerprint density at radius 3 is 2.46 bits per heavy atom. The van der Waals surface area contributed by atoms with Crippen molar-refractivity contribution >= 4 is 49.8 Å². The number of aromatic nitrogens is 4.